The van der Waals surface area contributed by atoms with Crippen LogP contribution in [0.5, 0.6) is 5.75 Å². The lowest BCUT2D eigenvalue weighted by Crippen LogP contribution is -2.24. The van der Waals surface area contributed by atoms with Crippen molar-refractivity contribution in [2.75, 3.05) is 12.4 Å². The van der Waals surface area contributed by atoms with Crippen molar-refractivity contribution in [1.29, 1.82) is 0 Å². The molecule has 0 bridgehead atoms. The highest BCUT2D eigenvalue weighted by atomic mass is 16.6. The van der Waals surface area contributed by atoms with Crippen LogP contribution >= 0.6 is 0 Å². The van der Waals surface area contributed by atoms with Crippen LogP contribution in [-0.4, -0.2) is 25.2 Å². The molecule has 1 aliphatic heterocycles. The molecule has 1 aromatic carbocycles. The fourth-order valence-corrected chi connectivity index (χ4v) is 1.76. The predicted octanol–water partition coefficient (Wildman–Crippen LogP) is 1.81. The van der Waals surface area contributed by atoms with Crippen LogP contribution in [0.3, 0.4) is 0 Å². The lowest BCUT2D eigenvalue weighted by Gasteiger charge is -2.10. The van der Waals surface area contributed by atoms with Gasteiger partial charge in [0.15, 0.2) is 0 Å². The summed E-state index contributed by atoms with van der Waals surface area (Å²) in [4.78, 5) is 11.4. The Balaban J connectivity index is 2.01. The third kappa shape index (κ3) is 2.27. The number of carbonyl (C=O) groups is 1. The highest BCUT2D eigenvalue weighted by Crippen LogP contribution is 2.21. The number of esters is 1. The van der Waals surface area contributed by atoms with E-state index in [9.17, 15) is 4.79 Å². The Morgan fingerprint density at radius 2 is 2.06 bits per heavy atom. The first-order valence-corrected chi connectivity index (χ1v) is 5.30. The van der Waals surface area contributed by atoms with Crippen LogP contribution in [0.4, 0.5) is 5.69 Å². The molecule has 16 heavy (non-hydrogen) atoms. The van der Waals surface area contributed by atoms with Crippen LogP contribution < -0.4 is 10.1 Å². The second kappa shape index (κ2) is 4.43. The molecule has 1 N–H and O–H groups in total. The third-order valence-corrected chi connectivity index (χ3v) is 2.60. The van der Waals surface area contributed by atoms with Crippen molar-refractivity contribution in [3.05, 3.63) is 24.3 Å². The van der Waals surface area contributed by atoms with E-state index in [0.717, 1.165) is 11.4 Å². The Morgan fingerprint density at radius 3 is 2.56 bits per heavy atom. The number of carbonyl (C=O) groups excluding carboxylic acids is 1. The zero-order chi connectivity index (χ0) is 11.5. The zero-order valence-electron chi connectivity index (χ0n) is 9.40. The standard InChI is InChI=1S/C12H15NO3/c1-8-7-11(12(14)16-8)13-9-3-5-10(15-2)6-4-9/h3-6,8,11,13H,7H2,1-2H3/t8-,11+/m1/s1. The van der Waals surface area contributed by atoms with E-state index in [2.05, 4.69) is 5.32 Å². The molecule has 0 spiro atoms. The molecule has 1 fully saturated rings. The van der Waals surface area contributed by atoms with Gasteiger partial charge >= 0.3 is 5.97 Å². The summed E-state index contributed by atoms with van der Waals surface area (Å²) in [5.41, 5.74) is 0.900. The number of hydrogen-bond donors (Lipinski definition) is 1. The van der Waals surface area contributed by atoms with Crippen molar-refractivity contribution < 1.29 is 14.3 Å². The second-order valence-corrected chi connectivity index (χ2v) is 3.91. The smallest absolute Gasteiger partial charge is 0.328 e. The molecule has 4 nitrogen and oxygen atoms in total. The Kier molecular flexibility index (Phi) is 2.99. The largest absolute Gasteiger partial charge is 0.497 e. The maximum absolute atomic E-state index is 11.4. The molecule has 2 atom stereocenters. The maximum Gasteiger partial charge on any atom is 0.328 e. The summed E-state index contributed by atoms with van der Waals surface area (Å²) < 4.78 is 10.1. The van der Waals surface area contributed by atoms with Gasteiger partial charge in [-0.2, -0.15) is 0 Å². The normalized spacial score (nSPS) is 24.0. The molecule has 1 heterocycles. The molecule has 0 aromatic heterocycles. The van der Waals surface area contributed by atoms with Gasteiger partial charge in [0, 0.05) is 12.1 Å². The zero-order valence-corrected chi connectivity index (χ0v) is 9.40. The third-order valence-electron chi connectivity index (χ3n) is 2.60. The highest BCUT2D eigenvalue weighted by molar-refractivity contribution is 5.81. The van der Waals surface area contributed by atoms with Crippen molar-refractivity contribution >= 4 is 11.7 Å². The monoisotopic (exact) mass is 221 g/mol. The molecule has 0 radical (unpaired) electrons. The molecule has 1 saturated heterocycles. The van der Waals surface area contributed by atoms with E-state index >= 15 is 0 Å². The van der Waals surface area contributed by atoms with Crippen LogP contribution in [0.15, 0.2) is 24.3 Å². The fourth-order valence-electron chi connectivity index (χ4n) is 1.76. The van der Waals surface area contributed by atoms with E-state index in [4.69, 9.17) is 9.47 Å². The van der Waals surface area contributed by atoms with Crippen LogP contribution in [0.1, 0.15) is 13.3 Å². The number of anilines is 1. The van der Waals surface area contributed by atoms with Crippen molar-refractivity contribution in [3.8, 4) is 5.75 Å². The van der Waals surface area contributed by atoms with Gasteiger partial charge in [-0.15, -0.1) is 0 Å². The summed E-state index contributed by atoms with van der Waals surface area (Å²) in [6, 6.07) is 7.24. The quantitative estimate of drug-likeness (QED) is 0.791. The topological polar surface area (TPSA) is 47.6 Å². The summed E-state index contributed by atoms with van der Waals surface area (Å²) in [5, 5.41) is 3.14. The summed E-state index contributed by atoms with van der Waals surface area (Å²) in [6.07, 6.45) is 0.716. The molecular weight excluding hydrogens is 206 g/mol. The van der Waals surface area contributed by atoms with Crippen LogP contribution in [0.2, 0.25) is 0 Å². The Labute approximate surface area is 94.6 Å². The highest BCUT2D eigenvalue weighted by Gasteiger charge is 2.31. The SMILES string of the molecule is COc1ccc(N[C@H]2C[C@@H](C)OC2=O)cc1. The van der Waals surface area contributed by atoms with Crippen molar-refractivity contribution in [3.63, 3.8) is 0 Å². The Hall–Kier alpha value is -1.71. The number of methoxy groups -OCH3 is 1. The van der Waals surface area contributed by atoms with Crippen LogP contribution in [-0.2, 0) is 9.53 Å². The Morgan fingerprint density at radius 1 is 1.38 bits per heavy atom. The number of nitrogens with one attached hydrogen (secondary N) is 1. The van der Waals surface area contributed by atoms with Gasteiger partial charge in [0.1, 0.15) is 17.9 Å². The average molecular weight is 221 g/mol. The van der Waals surface area contributed by atoms with Gasteiger partial charge in [0.25, 0.3) is 0 Å². The molecule has 86 valence electrons. The number of ether oxygens (including phenoxy) is 2. The van der Waals surface area contributed by atoms with Crippen LogP contribution in [0, 0.1) is 0 Å². The number of benzene rings is 1. The van der Waals surface area contributed by atoms with Gasteiger partial charge in [0.2, 0.25) is 0 Å². The molecular formula is C12H15NO3. The minimum absolute atomic E-state index is 0.00301. The average Bonchev–Trinajstić information content (AvgIpc) is 2.59. The summed E-state index contributed by atoms with van der Waals surface area (Å²) in [6.45, 7) is 1.90. The van der Waals surface area contributed by atoms with E-state index in [1.54, 1.807) is 7.11 Å². The minimum Gasteiger partial charge on any atom is -0.497 e. The van der Waals surface area contributed by atoms with E-state index in [1.165, 1.54) is 0 Å². The predicted molar refractivity (Wildman–Crippen MR) is 60.6 cm³/mol. The first kappa shape index (κ1) is 10.8. The van der Waals surface area contributed by atoms with Gasteiger partial charge in [-0.05, 0) is 31.2 Å². The molecule has 1 aliphatic rings. The summed E-state index contributed by atoms with van der Waals surface area (Å²) >= 11 is 0. The van der Waals surface area contributed by atoms with Gasteiger partial charge < -0.3 is 14.8 Å². The van der Waals surface area contributed by atoms with Crippen molar-refractivity contribution in [1.82, 2.24) is 0 Å². The first-order chi connectivity index (χ1) is 7.69. The fraction of sp³-hybridized carbons (Fsp3) is 0.417. The number of hydrogen-bond acceptors (Lipinski definition) is 4. The van der Waals surface area contributed by atoms with E-state index in [0.29, 0.717) is 6.42 Å². The minimum atomic E-state index is -0.233. The molecule has 1 aromatic rings. The van der Waals surface area contributed by atoms with Gasteiger partial charge in [0.05, 0.1) is 7.11 Å². The summed E-state index contributed by atoms with van der Waals surface area (Å²) in [5.74, 6) is 0.622. The molecule has 0 unspecified atom stereocenters. The van der Waals surface area contributed by atoms with Gasteiger partial charge in [-0.1, -0.05) is 0 Å². The second-order valence-electron chi connectivity index (χ2n) is 3.91. The molecule has 0 saturated carbocycles. The van der Waals surface area contributed by atoms with Crippen molar-refractivity contribution in [2.24, 2.45) is 0 Å². The molecule has 2 rings (SSSR count). The molecule has 4 heteroatoms. The number of rotatable bonds is 3. The van der Waals surface area contributed by atoms with E-state index < -0.39 is 0 Å². The molecule has 0 amide bonds. The first-order valence-electron chi connectivity index (χ1n) is 5.30. The van der Waals surface area contributed by atoms with Crippen molar-refractivity contribution in [2.45, 2.75) is 25.5 Å². The van der Waals surface area contributed by atoms with Gasteiger partial charge in [-0.25, -0.2) is 4.79 Å². The lowest BCUT2D eigenvalue weighted by atomic mass is 10.2. The summed E-state index contributed by atoms with van der Waals surface area (Å²) in [7, 11) is 1.62. The molecule has 0 aliphatic carbocycles. The van der Waals surface area contributed by atoms with E-state index in [1.807, 2.05) is 31.2 Å². The van der Waals surface area contributed by atoms with Crippen LogP contribution in [0.25, 0.3) is 0 Å². The Bertz CT molecular complexity index is 374. The number of cyclic esters (lactones) is 1. The van der Waals surface area contributed by atoms with E-state index in [-0.39, 0.29) is 18.1 Å². The maximum atomic E-state index is 11.4. The van der Waals surface area contributed by atoms with Gasteiger partial charge in [-0.3, -0.25) is 0 Å². The lowest BCUT2D eigenvalue weighted by molar-refractivity contribution is -0.141.